The zero-order chi connectivity index (χ0) is 48.3. The number of anilines is 6. The Labute approximate surface area is 415 Å². The molecule has 0 aliphatic carbocycles. The molecule has 0 aromatic heterocycles. The molecule has 0 bridgehead atoms. The van der Waals surface area contributed by atoms with Crippen molar-refractivity contribution < 1.29 is 4.74 Å². The number of rotatable bonds is 3. The fourth-order valence-corrected chi connectivity index (χ4v) is 11.1. The quantitative estimate of drug-likeness (QED) is 0.164. The van der Waals surface area contributed by atoms with Crippen molar-refractivity contribution >= 4 is 57.2 Å². The standard InChI is InChI=1S/C66H59BN2O/c1-64(2,3)46-31-35-56-52(37-46)50-24-16-18-26-60(50)70-61-27-19-17-25-51(61)53-38-47(65(4,5)6)39-55-63(53)69(56)59-41-48(66(7,8)9)40-58-62(59)67(55)54-36-45(43-22-14-11-15-23-43)30-34-57(54)68(58)49-32-28-44(29-33-49)42-20-12-10-13-21-42/h10-41H,1-9H3. The highest BCUT2D eigenvalue weighted by Crippen LogP contribution is 2.54. The van der Waals surface area contributed by atoms with Gasteiger partial charge in [0.15, 0.2) is 0 Å². The lowest BCUT2D eigenvalue weighted by molar-refractivity contribution is 0.486. The number of hydrogen-bond donors (Lipinski definition) is 0. The third kappa shape index (κ3) is 7.18. The van der Waals surface area contributed by atoms with Crippen LogP contribution in [0.5, 0.6) is 11.5 Å². The predicted octanol–water partition coefficient (Wildman–Crippen LogP) is 16.4. The first-order valence-corrected chi connectivity index (χ1v) is 24.9. The van der Waals surface area contributed by atoms with Crippen molar-refractivity contribution in [2.45, 2.75) is 78.6 Å². The Morgan fingerprint density at radius 1 is 0.343 bits per heavy atom. The second kappa shape index (κ2) is 16.0. The first kappa shape index (κ1) is 43.7. The Balaban J connectivity index is 1.26. The summed E-state index contributed by atoms with van der Waals surface area (Å²) >= 11 is 0. The molecule has 3 nitrogen and oxygen atoms in total. The molecular weight excluding hydrogens is 848 g/mol. The third-order valence-electron chi connectivity index (χ3n) is 14.9. The molecule has 0 amide bonds. The summed E-state index contributed by atoms with van der Waals surface area (Å²) in [7, 11) is 0. The van der Waals surface area contributed by atoms with Crippen LogP contribution in [0.25, 0.3) is 44.5 Å². The largest absolute Gasteiger partial charge is 0.456 e. The summed E-state index contributed by atoms with van der Waals surface area (Å²) in [4.78, 5) is 5.22. The van der Waals surface area contributed by atoms with Crippen LogP contribution in [0.4, 0.5) is 34.1 Å². The highest BCUT2D eigenvalue weighted by Gasteiger charge is 2.46. The van der Waals surface area contributed by atoms with E-state index in [0.29, 0.717) is 0 Å². The van der Waals surface area contributed by atoms with Crippen LogP contribution in [0.3, 0.4) is 0 Å². The van der Waals surface area contributed by atoms with Gasteiger partial charge in [-0.2, -0.15) is 0 Å². The molecule has 12 rings (SSSR count). The summed E-state index contributed by atoms with van der Waals surface area (Å²) in [6.45, 7) is 20.9. The lowest BCUT2D eigenvalue weighted by Crippen LogP contribution is -2.62. The van der Waals surface area contributed by atoms with Gasteiger partial charge >= 0.3 is 0 Å². The van der Waals surface area contributed by atoms with E-state index < -0.39 is 0 Å². The number of para-hydroxylation sites is 2. The zero-order valence-electron chi connectivity index (χ0n) is 41.9. The molecule has 4 heteroatoms. The van der Waals surface area contributed by atoms with Crippen LogP contribution in [0, 0.1) is 0 Å². The summed E-state index contributed by atoms with van der Waals surface area (Å²) < 4.78 is 7.22. The third-order valence-corrected chi connectivity index (χ3v) is 14.9. The maximum Gasteiger partial charge on any atom is 0.252 e. The Kier molecular flexibility index (Phi) is 9.99. The maximum atomic E-state index is 7.22. The van der Waals surface area contributed by atoms with Gasteiger partial charge in [0.05, 0.1) is 5.69 Å². The van der Waals surface area contributed by atoms with Gasteiger partial charge in [0, 0.05) is 50.7 Å². The van der Waals surface area contributed by atoms with Crippen LogP contribution in [0.15, 0.2) is 194 Å². The number of hydrogen-bond acceptors (Lipinski definition) is 3. The summed E-state index contributed by atoms with van der Waals surface area (Å²) in [6.07, 6.45) is 0. The second-order valence-electron chi connectivity index (χ2n) is 22.6. The maximum absolute atomic E-state index is 7.22. The molecule has 3 heterocycles. The van der Waals surface area contributed by atoms with Gasteiger partial charge in [-0.1, -0.05) is 196 Å². The molecule has 3 aliphatic rings. The van der Waals surface area contributed by atoms with E-state index in [0.717, 1.165) is 45.1 Å². The monoisotopic (exact) mass is 906 g/mol. The van der Waals surface area contributed by atoms with E-state index >= 15 is 0 Å². The molecule has 9 aromatic rings. The Morgan fingerprint density at radius 2 is 0.829 bits per heavy atom. The van der Waals surface area contributed by atoms with Crippen LogP contribution in [-0.2, 0) is 16.2 Å². The van der Waals surface area contributed by atoms with E-state index in [1.165, 1.54) is 78.1 Å². The molecule has 70 heavy (non-hydrogen) atoms. The average Bonchev–Trinajstić information content (AvgIpc) is 3.35. The molecule has 342 valence electrons. The summed E-state index contributed by atoms with van der Waals surface area (Å²) in [6, 6.07) is 72.6. The van der Waals surface area contributed by atoms with Crippen molar-refractivity contribution in [2.24, 2.45) is 0 Å². The van der Waals surface area contributed by atoms with Crippen LogP contribution >= 0.6 is 0 Å². The molecule has 0 atom stereocenters. The van der Waals surface area contributed by atoms with Crippen LogP contribution in [0.1, 0.15) is 79.0 Å². The molecule has 3 aliphatic heterocycles. The van der Waals surface area contributed by atoms with Gasteiger partial charge in [-0.15, -0.1) is 0 Å². The minimum absolute atomic E-state index is 0.0908. The number of benzene rings is 9. The van der Waals surface area contributed by atoms with E-state index in [4.69, 9.17) is 4.74 Å². The zero-order valence-corrected chi connectivity index (χ0v) is 41.9. The molecule has 0 unspecified atom stereocenters. The van der Waals surface area contributed by atoms with Gasteiger partial charge in [0.1, 0.15) is 11.5 Å². The first-order chi connectivity index (χ1) is 33.6. The molecule has 0 saturated carbocycles. The van der Waals surface area contributed by atoms with Gasteiger partial charge in [0.2, 0.25) is 0 Å². The normalized spacial score (nSPS) is 13.5. The van der Waals surface area contributed by atoms with Gasteiger partial charge in [-0.25, -0.2) is 0 Å². The van der Waals surface area contributed by atoms with E-state index in [1.807, 2.05) is 0 Å². The van der Waals surface area contributed by atoms with Crippen molar-refractivity contribution in [2.75, 3.05) is 9.80 Å². The van der Waals surface area contributed by atoms with E-state index in [9.17, 15) is 0 Å². The fraction of sp³-hybridized carbons (Fsp3) is 0.182. The van der Waals surface area contributed by atoms with Gasteiger partial charge in [-0.05, 0) is 132 Å². The number of fused-ring (bicyclic) bond motifs is 10. The van der Waals surface area contributed by atoms with E-state index in [1.54, 1.807) is 0 Å². The van der Waals surface area contributed by atoms with Crippen molar-refractivity contribution in [3.8, 4) is 56.0 Å². The van der Waals surface area contributed by atoms with Crippen molar-refractivity contribution in [3.05, 3.63) is 211 Å². The van der Waals surface area contributed by atoms with Gasteiger partial charge in [0.25, 0.3) is 6.71 Å². The Morgan fingerprint density at radius 3 is 1.44 bits per heavy atom. The van der Waals surface area contributed by atoms with Crippen LogP contribution in [0.2, 0.25) is 0 Å². The Hall–Kier alpha value is -7.56. The Bertz CT molecular complexity index is 3520. The fourth-order valence-electron chi connectivity index (χ4n) is 11.1. The lowest BCUT2D eigenvalue weighted by Gasteiger charge is -2.47. The van der Waals surface area contributed by atoms with Gasteiger partial charge in [-0.3, -0.25) is 0 Å². The van der Waals surface area contributed by atoms with Crippen LogP contribution < -0.4 is 30.9 Å². The molecule has 0 spiro atoms. The number of nitrogens with zero attached hydrogens (tertiary/aromatic N) is 2. The summed E-state index contributed by atoms with van der Waals surface area (Å²) in [5, 5.41) is 0. The summed E-state index contributed by atoms with van der Waals surface area (Å²) in [5.74, 6) is 1.68. The highest BCUT2D eigenvalue weighted by molar-refractivity contribution is 7.00. The molecule has 0 radical (unpaired) electrons. The molecule has 0 fully saturated rings. The smallest absolute Gasteiger partial charge is 0.252 e. The van der Waals surface area contributed by atoms with Crippen molar-refractivity contribution in [3.63, 3.8) is 0 Å². The minimum atomic E-state index is -0.177. The highest BCUT2D eigenvalue weighted by atomic mass is 16.5. The molecule has 0 saturated heterocycles. The van der Waals surface area contributed by atoms with E-state index in [-0.39, 0.29) is 23.0 Å². The minimum Gasteiger partial charge on any atom is -0.456 e. The van der Waals surface area contributed by atoms with Gasteiger partial charge < -0.3 is 14.5 Å². The molecule has 0 N–H and O–H groups in total. The lowest BCUT2D eigenvalue weighted by atomic mass is 9.33. The second-order valence-corrected chi connectivity index (χ2v) is 22.6. The first-order valence-electron chi connectivity index (χ1n) is 24.9. The predicted molar refractivity (Wildman–Crippen MR) is 298 cm³/mol. The van der Waals surface area contributed by atoms with Crippen molar-refractivity contribution in [1.29, 1.82) is 0 Å². The van der Waals surface area contributed by atoms with Crippen molar-refractivity contribution in [1.82, 2.24) is 0 Å². The SMILES string of the molecule is CC(C)(C)c1ccc2c(c1)-c1ccccc1Oc1ccccc1-c1cc(C(C)(C)C)cc3c1N2c1cc(C(C)(C)C)cc2c1B3c1cc(-c3ccccc3)ccc1N2c1ccc(-c2ccccc2)cc1. The topological polar surface area (TPSA) is 15.7 Å². The molecular formula is C66H59BN2O. The number of ether oxygens (including phenoxy) is 1. The average molecular weight is 907 g/mol. The molecule has 9 aromatic carbocycles. The van der Waals surface area contributed by atoms with E-state index in [2.05, 4.69) is 266 Å². The summed E-state index contributed by atoms with van der Waals surface area (Å²) in [5.41, 5.74) is 23.6. The van der Waals surface area contributed by atoms with Crippen LogP contribution in [-0.4, -0.2) is 6.71 Å².